The van der Waals surface area contributed by atoms with Gasteiger partial charge in [-0.1, -0.05) is 0 Å². The normalized spacial score (nSPS) is 39.6. The molecule has 2 heterocycles. The van der Waals surface area contributed by atoms with Gasteiger partial charge in [0.15, 0.2) is 5.78 Å². The van der Waals surface area contributed by atoms with Crippen molar-refractivity contribution >= 4 is 5.78 Å². The molecule has 1 N–H and O–H groups in total. The monoisotopic (exact) mass is 183 g/mol. The zero-order valence-corrected chi connectivity index (χ0v) is 8.14. The van der Waals surface area contributed by atoms with Gasteiger partial charge in [0.25, 0.3) is 0 Å². The van der Waals surface area contributed by atoms with Crippen molar-refractivity contribution < 1.29 is 9.53 Å². The maximum atomic E-state index is 12.0. The fourth-order valence-corrected chi connectivity index (χ4v) is 2.30. The van der Waals surface area contributed by atoms with E-state index in [4.69, 9.17) is 4.74 Å². The summed E-state index contributed by atoms with van der Waals surface area (Å²) in [6.45, 7) is 4.40. The van der Waals surface area contributed by atoms with Crippen molar-refractivity contribution in [3.05, 3.63) is 0 Å². The van der Waals surface area contributed by atoms with Crippen LogP contribution in [-0.4, -0.2) is 31.1 Å². The van der Waals surface area contributed by atoms with Crippen LogP contribution in [0.1, 0.15) is 26.2 Å². The van der Waals surface area contributed by atoms with Gasteiger partial charge in [-0.25, -0.2) is 0 Å². The van der Waals surface area contributed by atoms with E-state index >= 15 is 0 Å². The van der Waals surface area contributed by atoms with Gasteiger partial charge in [0.1, 0.15) is 0 Å². The molecule has 3 nitrogen and oxygen atoms in total. The first-order chi connectivity index (χ1) is 6.22. The summed E-state index contributed by atoms with van der Waals surface area (Å²) in [6, 6.07) is 0. The van der Waals surface area contributed by atoms with Gasteiger partial charge in [0.05, 0.1) is 12.1 Å². The van der Waals surface area contributed by atoms with Crippen LogP contribution in [0.2, 0.25) is 0 Å². The highest BCUT2D eigenvalue weighted by atomic mass is 16.5. The topological polar surface area (TPSA) is 38.3 Å². The number of ketones is 1. The highest BCUT2D eigenvalue weighted by molar-refractivity contribution is 5.90. The van der Waals surface area contributed by atoms with E-state index in [2.05, 4.69) is 5.32 Å². The number of nitrogens with one attached hydrogen (secondary N) is 1. The van der Waals surface area contributed by atoms with E-state index in [9.17, 15) is 4.79 Å². The average molecular weight is 183 g/mol. The molecule has 0 amide bonds. The summed E-state index contributed by atoms with van der Waals surface area (Å²) < 4.78 is 5.23. The van der Waals surface area contributed by atoms with Gasteiger partial charge in [-0.15, -0.1) is 0 Å². The van der Waals surface area contributed by atoms with Crippen molar-refractivity contribution in [1.29, 1.82) is 0 Å². The Morgan fingerprint density at radius 1 is 1.62 bits per heavy atom. The summed E-state index contributed by atoms with van der Waals surface area (Å²) >= 11 is 0. The zero-order valence-electron chi connectivity index (χ0n) is 8.14. The molecule has 2 unspecified atom stereocenters. The second-order valence-corrected chi connectivity index (χ2v) is 4.29. The van der Waals surface area contributed by atoms with Crippen LogP contribution in [0.4, 0.5) is 0 Å². The van der Waals surface area contributed by atoms with E-state index in [1.54, 1.807) is 0 Å². The fourth-order valence-electron chi connectivity index (χ4n) is 2.30. The minimum Gasteiger partial charge on any atom is -0.381 e. The Hall–Kier alpha value is -0.410. The fraction of sp³-hybridized carbons (Fsp3) is 0.900. The van der Waals surface area contributed by atoms with Gasteiger partial charge in [-0.2, -0.15) is 0 Å². The highest BCUT2D eigenvalue weighted by Crippen LogP contribution is 2.26. The number of ether oxygens (including phenoxy) is 1. The molecule has 0 aromatic rings. The molecule has 13 heavy (non-hydrogen) atoms. The van der Waals surface area contributed by atoms with Gasteiger partial charge in [-0.05, 0) is 32.7 Å². The molecular weight excluding hydrogens is 166 g/mol. The minimum absolute atomic E-state index is 0.149. The van der Waals surface area contributed by atoms with E-state index in [-0.39, 0.29) is 11.5 Å². The third-order valence-electron chi connectivity index (χ3n) is 3.21. The third kappa shape index (κ3) is 1.63. The lowest BCUT2D eigenvalue weighted by Crippen LogP contribution is -2.47. The van der Waals surface area contributed by atoms with Crippen LogP contribution in [-0.2, 0) is 9.53 Å². The van der Waals surface area contributed by atoms with Gasteiger partial charge >= 0.3 is 0 Å². The standard InChI is InChI=1S/C10H17NO2/c1-10(4-2-5-11-10)9(12)8-3-6-13-7-8/h8,11H,2-7H2,1H3. The molecule has 0 radical (unpaired) electrons. The Morgan fingerprint density at radius 2 is 2.46 bits per heavy atom. The molecule has 74 valence electrons. The molecule has 3 heteroatoms. The van der Waals surface area contributed by atoms with Crippen molar-refractivity contribution in [2.24, 2.45) is 5.92 Å². The van der Waals surface area contributed by atoms with E-state index in [1.165, 1.54) is 0 Å². The summed E-state index contributed by atoms with van der Waals surface area (Å²) in [6.07, 6.45) is 3.02. The van der Waals surface area contributed by atoms with Crippen molar-refractivity contribution in [3.63, 3.8) is 0 Å². The van der Waals surface area contributed by atoms with Crippen molar-refractivity contribution in [2.45, 2.75) is 31.7 Å². The van der Waals surface area contributed by atoms with E-state index < -0.39 is 0 Å². The predicted molar refractivity (Wildman–Crippen MR) is 49.6 cm³/mol. The first-order valence-electron chi connectivity index (χ1n) is 5.09. The van der Waals surface area contributed by atoms with Crippen LogP contribution in [0.25, 0.3) is 0 Å². The maximum Gasteiger partial charge on any atom is 0.158 e. The van der Waals surface area contributed by atoms with Gasteiger partial charge in [0, 0.05) is 12.5 Å². The largest absolute Gasteiger partial charge is 0.381 e. The van der Waals surface area contributed by atoms with Crippen LogP contribution in [0.15, 0.2) is 0 Å². The molecule has 0 bridgehead atoms. The summed E-state index contributed by atoms with van der Waals surface area (Å²) in [5.41, 5.74) is -0.252. The first kappa shape index (κ1) is 9.16. The third-order valence-corrected chi connectivity index (χ3v) is 3.21. The van der Waals surface area contributed by atoms with Crippen LogP contribution >= 0.6 is 0 Å². The molecular formula is C10H17NO2. The lowest BCUT2D eigenvalue weighted by molar-refractivity contribution is -0.128. The molecule has 0 spiro atoms. The lowest BCUT2D eigenvalue weighted by atomic mass is 9.86. The highest BCUT2D eigenvalue weighted by Gasteiger charge is 2.40. The van der Waals surface area contributed by atoms with Crippen molar-refractivity contribution in [1.82, 2.24) is 5.32 Å². The second-order valence-electron chi connectivity index (χ2n) is 4.29. The lowest BCUT2D eigenvalue weighted by Gasteiger charge is -2.25. The van der Waals surface area contributed by atoms with Crippen LogP contribution < -0.4 is 5.32 Å². The Labute approximate surface area is 78.8 Å². The molecule has 2 aliphatic heterocycles. The molecule has 2 aliphatic rings. The first-order valence-corrected chi connectivity index (χ1v) is 5.09. The Kier molecular flexibility index (Phi) is 2.39. The van der Waals surface area contributed by atoms with E-state index in [1.807, 2.05) is 6.92 Å². The molecule has 0 aromatic carbocycles. The molecule has 2 fully saturated rings. The second kappa shape index (κ2) is 3.39. The number of Topliss-reactive ketones (excluding diaryl/α,β-unsaturated/α-hetero) is 1. The number of rotatable bonds is 2. The predicted octanol–water partition coefficient (Wildman–Crippen LogP) is 0.734. The summed E-state index contributed by atoms with van der Waals surface area (Å²) in [5.74, 6) is 0.512. The van der Waals surface area contributed by atoms with E-state index in [0.29, 0.717) is 12.4 Å². The summed E-state index contributed by atoms with van der Waals surface area (Å²) in [4.78, 5) is 12.0. The zero-order chi connectivity index (χ0) is 9.31. The summed E-state index contributed by atoms with van der Waals surface area (Å²) in [7, 11) is 0. The van der Waals surface area contributed by atoms with Gasteiger partial charge in [0.2, 0.25) is 0 Å². The maximum absolute atomic E-state index is 12.0. The molecule has 2 saturated heterocycles. The Morgan fingerprint density at radius 3 is 3.00 bits per heavy atom. The number of hydrogen-bond acceptors (Lipinski definition) is 3. The van der Waals surface area contributed by atoms with Crippen molar-refractivity contribution in [2.75, 3.05) is 19.8 Å². The average Bonchev–Trinajstić information content (AvgIpc) is 2.73. The Balaban J connectivity index is 2.02. The van der Waals surface area contributed by atoms with Crippen LogP contribution in [0, 0.1) is 5.92 Å². The van der Waals surface area contributed by atoms with Crippen LogP contribution in [0.5, 0.6) is 0 Å². The number of hydrogen-bond donors (Lipinski definition) is 1. The minimum atomic E-state index is -0.252. The van der Waals surface area contributed by atoms with Crippen molar-refractivity contribution in [3.8, 4) is 0 Å². The smallest absolute Gasteiger partial charge is 0.158 e. The number of carbonyl (C=O) groups is 1. The van der Waals surface area contributed by atoms with Crippen LogP contribution in [0.3, 0.4) is 0 Å². The van der Waals surface area contributed by atoms with E-state index in [0.717, 1.165) is 32.4 Å². The van der Waals surface area contributed by atoms with Gasteiger partial charge in [-0.3, -0.25) is 4.79 Å². The molecule has 0 aliphatic carbocycles. The molecule has 2 rings (SSSR count). The quantitative estimate of drug-likeness (QED) is 0.686. The molecule has 0 saturated carbocycles. The SMILES string of the molecule is CC1(C(=O)C2CCOC2)CCCN1. The summed E-state index contributed by atoms with van der Waals surface area (Å²) in [5, 5.41) is 3.30. The number of carbonyl (C=O) groups excluding carboxylic acids is 1. The molecule has 0 aromatic heterocycles. The Bertz CT molecular complexity index is 203. The van der Waals surface area contributed by atoms with Gasteiger partial charge < -0.3 is 10.1 Å². The molecule has 2 atom stereocenters.